The van der Waals surface area contributed by atoms with E-state index in [9.17, 15) is 5.11 Å². The Labute approximate surface area is 209 Å². The molecule has 4 aliphatic carbocycles. The number of anilines is 3. The Balaban J connectivity index is 1.11. The first-order chi connectivity index (χ1) is 16.8. The normalized spacial score (nSPS) is 35.1. The average Bonchev–Trinajstić information content (AvgIpc) is 3.23. The zero-order chi connectivity index (χ0) is 24.0. The van der Waals surface area contributed by atoms with Crippen LogP contribution in [0.1, 0.15) is 39.0 Å². The molecular weight excluding hydrogens is 464 g/mol. The molecule has 3 heterocycles. The van der Waals surface area contributed by atoms with Gasteiger partial charge in [-0.15, -0.1) is 0 Å². The summed E-state index contributed by atoms with van der Waals surface area (Å²) in [6.45, 7) is 4.47. The van der Waals surface area contributed by atoms with E-state index in [1.807, 2.05) is 25.4 Å². The van der Waals surface area contributed by atoms with E-state index in [2.05, 4.69) is 37.2 Å². The molecule has 5 fully saturated rings. The molecule has 9 heteroatoms. The SMILES string of the molecule is COCC12CC(n3cc(Nc4ncc5cc(Cl)c(N6C[C@H]7CC[C@@H](C6)[C@@]7(C)O)cc5n4)cn3)(C1)C2. The average molecular weight is 495 g/mol. The van der Waals surface area contributed by atoms with E-state index in [4.69, 9.17) is 21.3 Å². The summed E-state index contributed by atoms with van der Waals surface area (Å²) in [6, 6.07) is 4.01. The Kier molecular flexibility index (Phi) is 4.56. The molecule has 0 radical (unpaired) electrons. The van der Waals surface area contributed by atoms with Gasteiger partial charge in [-0.05, 0) is 51.2 Å². The third-order valence-corrected chi connectivity index (χ3v) is 9.58. The van der Waals surface area contributed by atoms with E-state index in [0.717, 1.165) is 74.1 Å². The number of piperidine rings is 1. The Morgan fingerprint density at radius 3 is 2.63 bits per heavy atom. The summed E-state index contributed by atoms with van der Waals surface area (Å²) >= 11 is 6.70. The van der Waals surface area contributed by atoms with Crippen LogP contribution < -0.4 is 10.2 Å². The van der Waals surface area contributed by atoms with Crippen molar-refractivity contribution in [3.05, 3.63) is 35.7 Å². The van der Waals surface area contributed by atoms with E-state index in [1.54, 1.807) is 7.11 Å². The molecule has 184 valence electrons. The summed E-state index contributed by atoms with van der Waals surface area (Å²) < 4.78 is 7.49. The molecule has 8 nitrogen and oxygen atoms in total. The van der Waals surface area contributed by atoms with Crippen LogP contribution in [-0.2, 0) is 10.3 Å². The van der Waals surface area contributed by atoms with Crippen LogP contribution in [0.5, 0.6) is 0 Å². The van der Waals surface area contributed by atoms with Crippen LogP contribution in [0.25, 0.3) is 10.9 Å². The van der Waals surface area contributed by atoms with E-state index in [-0.39, 0.29) is 17.4 Å². The molecule has 1 saturated heterocycles. The number of aliphatic hydroxyl groups is 1. The summed E-state index contributed by atoms with van der Waals surface area (Å²) in [5.74, 6) is 1.09. The summed E-state index contributed by atoms with van der Waals surface area (Å²) in [5.41, 5.74) is 2.68. The molecule has 35 heavy (non-hydrogen) atoms. The number of benzene rings is 1. The molecule has 1 aliphatic heterocycles. The van der Waals surface area contributed by atoms with Gasteiger partial charge in [-0.3, -0.25) is 4.68 Å². The van der Waals surface area contributed by atoms with Gasteiger partial charge in [-0.1, -0.05) is 11.6 Å². The van der Waals surface area contributed by atoms with Crippen LogP contribution in [0.3, 0.4) is 0 Å². The van der Waals surface area contributed by atoms with Crippen molar-refractivity contribution >= 4 is 39.8 Å². The zero-order valence-corrected chi connectivity index (χ0v) is 20.9. The summed E-state index contributed by atoms with van der Waals surface area (Å²) in [4.78, 5) is 11.6. The first-order valence-electron chi connectivity index (χ1n) is 12.5. The molecule has 1 aromatic carbocycles. The molecule has 0 spiro atoms. The maximum atomic E-state index is 10.9. The van der Waals surface area contributed by atoms with Crippen molar-refractivity contribution in [3.63, 3.8) is 0 Å². The fourth-order valence-corrected chi connectivity index (χ4v) is 7.73. The van der Waals surface area contributed by atoms with E-state index in [1.165, 1.54) is 0 Å². The first kappa shape index (κ1) is 21.8. The molecule has 0 amide bonds. The number of hydrogen-bond acceptors (Lipinski definition) is 7. The highest BCUT2D eigenvalue weighted by Crippen LogP contribution is 2.71. The van der Waals surface area contributed by atoms with Gasteiger partial charge in [0.2, 0.25) is 5.95 Å². The van der Waals surface area contributed by atoms with Crippen LogP contribution in [0.4, 0.5) is 17.3 Å². The number of hydrogen-bond donors (Lipinski definition) is 2. The lowest BCUT2D eigenvalue weighted by Crippen LogP contribution is -2.69. The minimum absolute atomic E-state index is 0.160. The maximum absolute atomic E-state index is 10.9. The smallest absolute Gasteiger partial charge is 0.227 e. The number of aromatic nitrogens is 4. The number of fused-ring (bicyclic) bond motifs is 3. The van der Waals surface area contributed by atoms with E-state index < -0.39 is 5.60 Å². The van der Waals surface area contributed by atoms with Crippen molar-refractivity contribution in [1.82, 2.24) is 19.7 Å². The number of nitrogens with one attached hydrogen (secondary N) is 1. The lowest BCUT2D eigenvalue weighted by molar-refractivity contribution is -0.217. The number of halogens is 1. The van der Waals surface area contributed by atoms with Crippen LogP contribution in [0.15, 0.2) is 30.7 Å². The highest BCUT2D eigenvalue weighted by molar-refractivity contribution is 6.34. The molecule has 3 aromatic rings. The van der Waals surface area contributed by atoms with Gasteiger partial charge >= 0.3 is 0 Å². The monoisotopic (exact) mass is 494 g/mol. The third kappa shape index (κ3) is 3.22. The van der Waals surface area contributed by atoms with E-state index >= 15 is 0 Å². The Bertz CT molecular complexity index is 1290. The van der Waals surface area contributed by atoms with Crippen LogP contribution >= 0.6 is 11.6 Å². The van der Waals surface area contributed by atoms with Gasteiger partial charge in [-0.25, -0.2) is 9.97 Å². The highest BCUT2D eigenvalue weighted by Gasteiger charge is 2.69. The van der Waals surface area contributed by atoms with Gasteiger partial charge in [-0.2, -0.15) is 5.10 Å². The Morgan fingerprint density at radius 2 is 1.91 bits per heavy atom. The molecule has 0 unspecified atom stereocenters. The highest BCUT2D eigenvalue weighted by atomic mass is 35.5. The zero-order valence-electron chi connectivity index (χ0n) is 20.2. The van der Waals surface area contributed by atoms with Gasteiger partial charge < -0.3 is 20.1 Å². The fraction of sp³-hybridized carbons (Fsp3) is 0.577. The number of ether oxygens (including phenoxy) is 1. The minimum atomic E-state index is -0.576. The molecule has 4 saturated carbocycles. The summed E-state index contributed by atoms with van der Waals surface area (Å²) in [6.07, 6.45) is 11.3. The first-order valence-corrected chi connectivity index (χ1v) is 12.9. The van der Waals surface area contributed by atoms with Gasteiger partial charge in [0.15, 0.2) is 0 Å². The van der Waals surface area contributed by atoms with Crippen molar-refractivity contribution in [2.45, 2.75) is 50.2 Å². The predicted octanol–water partition coefficient (Wildman–Crippen LogP) is 4.35. The molecular formula is C26H31ClN6O2. The summed E-state index contributed by atoms with van der Waals surface area (Å²) in [7, 11) is 1.78. The molecule has 5 aliphatic rings. The van der Waals surface area contributed by atoms with Gasteiger partial charge in [0.25, 0.3) is 0 Å². The van der Waals surface area contributed by atoms with E-state index in [0.29, 0.717) is 16.4 Å². The molecule has 3 atom stereocenters. The number of rotatable bonds is 6. The lowest BCUT2D eigenvalue weighted by Gasteiger charge is -2.70. The second kappa shape index (κ2) is 7.31. The molecule has 2 N–H and O–H groups in total. The Hall–Kier alpha value is -2.42. The largest absolute Gasteiger partial charge is 0.389 e. The van der Waals surface area contributed by atoms with Gasteiger partial charge in [0.1, 0.15) is 0 Å². The lowest BCUT2D eigenvalue weighted by atomic mass is 9.39. The number of methoxy groups -OCH3 is 1. The standard InChI is InChI=1S/C26H31ClN6O2/c1-24(34)17-3-4-18(24)10-32(9-17)22-6-21-16(5-20(22)27)7-28-23(31-21)30-19-8-29-33(11-19)26-12-25(13-26,14-26)15-35-2/h5-8,11,17-18,34H,3-4,9-10,12-15H2,1-2H3,(H,28,30,31)/t17-,18+,24+,25?,26?. The van der Waals surface area contributed by atoms with Crippen molar-refractivity contribution in [1.29, 1.82) is 0 Å². The summed E-state index contributed by atoms with van der Waals surface area (Å²) in [5, 5.41) is 20.4. The van der Waals surface area contributed by atoms with Gasteiger partial charge in [0.05, 0.1) is 45.9 Å². The molecule has 2 aromatic heterocycles. The topological polar surface area (TPSA) is 88.3 Å². The second-order valence-electron chi connectivity index (χ2n) is 11.6. The van der Waals surface area contributed by atoms with Crippen LogP contribution in [-0.4, -0.2) is 57.3 Å². The third-order valence-electron chi connectivity index (χ3n) is 9.27. The second-order valence-corrected chi connectivity index (χ2v) is 12.1. The predicted molar refractivity (Wildman–Crippen MR) is 135 cm³/mol. The Morgan fingerprint density at radius 1 is 1.17 bits per heavy atom. The quantitative estimate of drug-likeness (QED) is 0.526. The van der Waals surface area contributed by atoms with Crippen LogP contribution in [0.2, 0.25) is 5.02 Å². The van der Waals surface area contributed by atoms with Crippen molar-refractivity contribution in [2.75, 3.05) is 37.0 Å². The minimum Gasteiger partial charge on any atom is -0.389 e. The molecule has 4 bridgehead atoms. The van der Waals surface area contributed by atoms with Crippen molar-refractivity contribution < 1.29 is 9.84 Å². The van der Waals surface area contributed by atoms with Crippen molar-refractivity contribution in [3.8, 4) is 0 Å². The van der Waals surface area contributed by atoms with Crippen LogP contribution in [0, 0.1) is 17.3 Å². The fourth-order valence-electron chi connectivity index (χ4n) is 7.44. The van der Waals surface area contributed by atoms with Crippen molar-refractivity contribution in [2.24, 2.45) is 17.3 Å². The molecule has 8 rings (SSSR count). The maximum Gasteiger partial charge on any atom is 0.227 e. The van der Waals surface area contributed by atoms with Gasteiger partial charge in [0, 0.05) is 55.2 Å². The number of nitrogens with zero attached hydrogens (tertiary/aromatic N) is 5.